The Hall–Kier alpha value is -5.53. The lowest BCUT2D eigenvalue weighted by molar-refractivity contribution is 0.669. The first-order valence-corrected chi connectivity index (χ1v) is 12.8. The Bertz CT molecular complexity index is 2270. The zero-order valence-corrected chi connectivity index (χ0v) is 20.7. The van der Waals surface area contributed by atoms with Gasteiger partial charge in [-0.15, -0.1) is 0 Å². The summed E-state index contributed by atoms with van der Waals surface area (Å²) in [6.07, 6.45) is 1.85. The van der Waals surface area contributed by atoms with Crippen molar-refractivity contribution < 1.29 is 4.42 Å². The molecule has 0 aliphatic carbocycles. The molecular weight excluding hydrogens is 478 g/mol. The van der Waals surface area contributed by atoms with Gasteiger partial charge in [-0.25, -0.2) is 4.98 Å². The molecule has 4 nitrogen and oxygen atoms in total. The van der Waals surface area contributed by atoms with Crippen LogP contribution >= 0.6 is 0 Å². The molecule has 3 heterocycles. The maximum atomic E-state index is 9.35. The van der Waals surface area contributed by atoms with Gasteiger partial charge < -0.3 is 4.42 Å². The Morgan fingerprint density at radius 1 is 0.615 bits per heavy atom. The van der Waals surface area contributed by atoms with E-state index in [4.69, 9.17) is 14.4 Å². The maximum Gasteiger partial charge on any atom is 0.135 e. The van der Waals surface area contributed by atoms with Gasteiger partial charge in [-0.2, -0.15) is 5.26 Å². The maximum absolute atomic E-state index is 9.35. The fraction of sp³-hybridized carbons (Fsp3) is 0. The number of pyridine rings is 2. The lowest BCUT2D eigenvalue weighted by Crippen LogP contribution is -1.92. The number of hydrogen-bond donors (Lipinski definition) is 0. The predicted octanol–water partition coefficient (Wildman–Crippen LogP) is 9.04. The summed E-state index contributed by atoms with van der Waals surface area (Å²) in [5.74, 6) is 0. The highest BCUT2D eigenvalue weighted by Gasteiger charge is 2.14. The highest BCUT2D eigenvalue weighted by molar-refractivity contribution is 6.21. The van der Waals surface area contributed by atoms with E-state index in [0.29, 0.717) is 5.56 Å². The van der Waals surface area contributed by atoms with Crippen molar-refractivity contribution in [1.82, 2.24) is 9.97 Å². The van der Waals surface area contributed by atoms with Gasteiger partial charge in [0.05, 0.1) is 28.4 Å². The lowest BCUT2D eigenvalue weighted by Gasteiger charge is -2.12. The van der Waals surface area contributed by atoms with E-state index >= 15 is 0 Å². The standard InChI is InChI=1S/C35H19N3O/c36-20-21-7-15-31-28(18-21)29-19-25(13-16-32(29)39-31)22-8-10-24(11-9-22)34-27-14-12-23-4-3-17-37-35(23)33(27)26-5-1-2-6-30(26)38-34/h1-19H. The quantitative estimate of drug-likeness (QED) is 0.224. The summed E-state index contributed by atoms with van der Waals surface area (Å²) in [6, 6.07) is 39.2. The zero-order chi connectivity index (χ0) is 25.9. The smallest absolute Gasteiger partial charge is 0.135 e. The third kappa shape index (κ3) is 3.31. The van der Waals surface area contributed by atoms with Crippen LogP contribution in [-0.2, 0) is 0 Å². The fourth-order valence-corrected chi connectivity index (χ4v) is 5.65. The lowest BCUT2D eigenvalue weighted by atomic mass is 9.96. The molecular formula is C35H19N3O. The minimum atomic E-state index is 0.623. The van der Waals surface area contributed by atoms with Crippen LogP contribution in [0.3, 0.4) is 0 Å². The van der Waals surface area contributed by atoms with Gasteiger partial charge in [0.25, 0.3) is 0 Å². The number of nitriles is 1. The van der Waals surface area contributed by atoms with Gasteiger partial charge in [-0.05, 0) is 53.6 Å². The number of fused-ring (bicyclic) bond motifs is 8. The first-order chi connectivity index (χ1) is 19.3. The van der Waals surface area contributed by atoms with Gasteiger partial charge >= 0.3 is 0 Å². The van der Waals surface area contributed by atoms with Crippen molar-refractivity contribution >= 4 is 54.5 Å². The topological polar surface area (TPSA) is 62.7 Å². The van der Waals surface area contributed by atoms with Crippen LogP contribution in [0.25, 0.3) is 76.9 Å². The van der Waals surface area contributed by atoms with E-state index in [0.717, 1.165) is 76.9 Å². The molecule has 0 amide bonds. The van der Waals surface area contributed by atoms with Crippen LogP contribution < -0.4 is 0 Å². The number of aromatic nitrogens is 2. The molecule has 0 N–H and O–H groups in total. The number of benzene rings is 5. The Labute approximate surface area is 223 Å². The van der Waals surface area contributed by atoms with Crippen LogP contribution in [0, 0.1) is 11.3 Å². The summed E-state index contributed by atoms with van der Waals surface area (Å²) in [5.41, 5.74) is 8.36. The van der Waals surface area contributed by atoms with Gasteiger partial charge in [0, 0.05) is 44.1 Å². The Kier molecular flexibility index (Phi) is 4.55. The number of para-hydroxylation sites is 1. The van der Waals surface area contributed by atoms with E-state index in [9.17, 15) is 5.26 Å². The normalized spacial score (nSPS) is 11.6. The molecule has 0 radical (unpaired) electrons. The highest BCUT2D eigenvalue weighted by Crippen LogP contribution is 2.37. The SMILES string of the molecule is N#Cc1ccc2oc3ccc(-c4ccc(-c5nc6ccccc6c6c5ccc5cccnc56)cc4)cc3c2c1. The Balaban J connectivity index is 1.29. The molecule has 180 valence electrons. The van der Waals surface area contributed by atoms with Crippen molar-refractivity contribution in [3.8, 4) is 28.5 Å². The molecule has 0 atom stereocenters. The molecule has 39 heavy (non-hydrogen) atoms. The summed E-state index contributed by atoms with van der Waals surface area (Å²) in [4.78, 5) is 9.85. The van der Waals surface area contributed by atoms with Crippen LogP contribution in [0.4, 0.5) is 0 Å². The van der Waals surface area contributed by atoms with Crippen molar-refractivity contribution in [2.45, 2.75) is 0 Å². The number of furan rings is 1. The number of rotatable bonds is 2. The molecule has 3 aromatic heterocycles. The largest absolute Gasteiger partial charge is 0.456 e. The highest BCUT2D eigenvalue weighted by atomic mass is 16.3. The molecule has 5 aromatic carbocycles. The molecule has 0 aliphatic rings. The molecule has 0 spiro atoms. The van der Waals surface area contributed by atoms with Gasteiger partial charge in [0.1, 0.15) is 11.2 Å². The van der Waals surface area contributed by atoms with Crippen molar-refractivity contribution in [3.63, 3.8) is 0 Å². The fourth-order valence-electron chi connectivity index (χ4n) is 5.65. The zero-order valence-electron chi connectivity index (χ0n) is 20.7. The third-order valence-electron chi connectivity index (χ3n) is 7.53. The van der Waals surface area contributed by atoms with E-state index in [1.54, 1.807) is 6.07 Å². The van der Waals surface area contributed by atoms with Crippen molar-refractivity contribution in [2.75, 3.05) is 0 Å². The average molecular weight is 498 g/mol. The second-order valence-electron chi connectivity index (χ2n) is 9.75. The molecule has 0 saturated heterocycles. The van der Waals surface area contributed by atoms with Crippen molar-refractivity contribution in [3.05, 3.63) is 121 Å². The van der Waals surface area contributed by atoms with E-state index in [2.05, 4.69) is 78.9 Å². The Morgan fingerprint density at radius 2 is 1.38 bits per heavy atom. The third-order valence-corrected chi connectivity index (χ3v) is 7.53. The van der Waals surface area contributed by atoms with Crippen LogP contribution in [0.2, 0.25) is 0 Å². The summed E-state index contributed by atoms with van der Waals surface area (Å²) >= 11 is 0. The van der Waals surface area contributed by atoms with E-state index in [1.165, 1.54) is 0 Å². The summed E-state index contributed by atoms with van der Waals surface area (Å²) < 4.78 is 6.00. The minimum absolute atomic E-state index is 0.623. The van der Waals surface area contributed by atoms with Gasteiger partial charge in [0.15, 0.2) is 0 Å². The van der Waals surface area contributed by atoms with Crippen molar-refractivity contribution in [2.24, 2.45) is 0 Å². The van der Waals surface area contributed by atoms with Crippen LogP contribution in [0.5, 0.6) is 0 Å². The summed E-state index contributed by atoms with van der Waals surface area (Å²) in [5, 5.41) is 15.8. The van der Waals surface area contributed by atoms with Crippen molar-refractivity contribution in [1.29, 1.82) is 5.26 Å². The molecule has 0 fully saturated rings. The van der Waals surface area contributed by atoms with Crippen LogP contribution in [0.15, 0.2) is 120 Å². The summed E-state index contributed by atoms with van der Waals surface area (Å²) in [6.45, 7) is 0. The van der Waals surface area contributed by atoms with Gasteiger partial charge in [-0.3, -0.25) is 4.98 Å². The average Bonchev–Trinajstić information content (AvgIpc) is 3.37. The van der Waals surface area contributed by atoms with Gasteiger partial charge in [0.2, 0.25) is 0 Å². The van der Waals surface area contributed by atoms with Crippen LogP contribution in [-0.4, -0.2) is 9.97 Å². The molecule has 0 unspecified atom stereocenters. The number of hydrogen-bond acceptors (Lipinski definition) is 4. The second kappa shape index (κ2) is 8.24. The molecule has 0 aliphatic heterocycles. The van der Waals surface area contributed by atoms with E-state index in [1.807, 2.05) is 36.5 Å². The minimum Gasteiger partial charge on any atom is -0.456 e. The monoisotopic (exact) mass is 497 g/mol. The molecule has 4 heteroatoms. The molecule has 0 bridgehead atoms. The first-order valence-electron chi connectivity index (χ1n) is 12.8. The second-order valence-corrected chi connectivity index (χ2v) is 9.75. The molecule has 8 aromatic rings. The summed E-state index contributed by atoms with van der Waals surface area (Å²) in [7, 11) is 0. The molecule has 8 rings (SSSR count). The number of nitrogens with zero attached hydrogens (tertiary/aromatic N) is 3. The van der Waals surface area contributed by atoms with E-state index in [-0.39, 0.29) is 0 Å². The van der Waals surface area contributed by atoms with E-state index < -0.39 is 0 Å². The first kappa shape index (κ1) is 21.5. The van der Waals surface area contributed by atoms with Gasteiger partial charge in [-0.1, -0.05) is 66.7 Å². The predicted molar refractivity (Wildman–Crippen MR) is 157 cm³/mol. The van der Waals surface area contributed by atoms with Crippen LogP contribution in [0.1, 0.15) is 5.56 Å². The Morgan fingerprint density at radius 3 is 2.26 bits per heavy atom. The molecule has 0 saturated carbocycles.